The fraction of sp³-hybridized carbons (Fsp3) is 0.619. The van der Waals surface area contributed by atoms with Crippen LogP contribution in [0.15, 0.2) is 29.2 Å². The molecule has 1 aliphatic rings. The van der Waals surface area contributed by atoms with Crippen molar-refractivity contribution in [3.63, 3.8) is 0 Å². The highest BCUT2D eigenvalue weighted by Crippen LogP contribution is 2.21. The van der Waals surface area contributed by atoms with E-state index in [-0.39, 0.29) is 34.8 Å². The van der Waals surface area contributed by atoms with E-state index in [9.17, 15) is 18.0 Å². The quantitative estimate of drug-likeness (QED) is 0.663. The SMILES string of the molecule is CCCCN(C)C(=O)C1CCN(C(=O)CCS(=O)(=O)c2ccc(C)cc2)CC1. The number of carbonyl (C=O) groups is 2. The molecule has 1 aromatic rings. The summed E-state index contributed by atoms with van der Waals surface area (Å²) in [5.74, 6) is -0.223. The number of nitrogens with zero attached hydrogens (tertiary/aromatic N) is 2. The van der Waals surface area contributed by atoms with Crippen molar-refractivity contribution in [2.24, 2.45) is 5.92 Å². The van der Waals surface area contributed by atoms with Crippen molar-refractivity contribution in [3.05, 3.63) is 29.8 Å². The third kappa shape index (κ3) is 6.06. The molecule has 0 aliphatic carbocycles. The number of hydrogen-bond donors (Lipinski definition) is 0. The number of amides is 2. The molecule has 0 unspecified atom stereocenters. The van der Waals surface area contributed by atoms with Gasteiger partial charge >= 0.3 is 0 Å². The van der Waals surface area contributed by atoms with E-state index in [1.54, 1.807) is 34.1 Å². The zero-order valence-corrected chi connectivity index (χ0v) is 18.0. The number of sulfone groups is 1. The minimum Gasteiger partial charge on any atom is -0.346 e. The van der Waals surface area contributed by atoms with Crippen LogP contribution in [-0.2, 0) is 19.4 Å². The number of hydrogen-bond acceptors (Lipinski definition) is 4. The van der Waals surface area contributed by atoms with Gasteiger partial charge in [0, 0.05) is 39.0 Å². The summed E-state index contributed by atoms with van der Waals surface area (Å²) in [4.78, 5) is 28.7. The van der Waals surface area contributed by atoms with Gasteiger partial charge in [-0.15, -0.1) is 0 Å². The van der Waals surface area contributed by atoms with Crippen molar-refractivity contribution in [1.29, 1.82) is 0 Å². The van der Waals surface area contributed by atoms with Crippen LogP contribution in [0.1, 0.15) is 44.6 Å². The molecule has 0 atom stereocenters. The lowest BCUT2D eigenvalue weighted by Crippen LogP contribution is -2.44. The maximum atomic E-state index is 12.5. The van der Waals surface area contributed by atoms with Crippen molar-refractivity contribution < 1.29 is 18.0 Å². The van der Waals surface area contributed by atoms with Gasteiger partial charge < -0.3 is 9.80 Å². The highest BCUT2D eigenvalue weighted by Gasteiger charge is 2.29. The number of aryl methyl sites for hydroxylation is 1. The molecule has 2 rings (SSSR count). The Balaban J connectivity index is 1.82. The van der Waals surface area contributed by atoms with Crippen molar-refractivity contribution in [3.8, 4) is 0 Å². The van der Waals surface area contributed by atoms with Crippen LogP contribution in [0.3, 0.4) is 0 Å². The molecule has 1 aromatic carbocycles. The van der Waals surface area contributed by atoms with Gasteiger partial charge in [-0.1, -0.05) is 31.0 Å². The molecule has 156 valence electrons. The average molecular weight is 409 g/mol. The van der Waals surface area contributed by atoms with Crippen molar-refractivity contribution >= 4 is 21.7 Å². The second-order valence-electron chi connectivity index (χ2n) is 7.65. The standard InChI is InChI=1S/C21H32N2O4S/c1-4-5-13-22(3)21(25)18-10-14-23(15-11-18)20(24)12-16-28(26,27)19-8-6-17(2)7-9-19/h6-9,18H,4-5,10-16H2,1-3H3. The van der Waals surface area contributed by atoms with Crippen molar-refractivity contribution in [2.75, 3.05) is 32.4 Å². The maximum Gasteiger partial charge on any atom is 0.225 e. The number of benzene rings is 1. The van der Waals surface area contributed by atoms with E-state index >= 15 is 0 Å². The van der Waals surface area contributed by atoms with Gasteiger partial charge in [0.1, 0.15) is 0 Å². The fourth-order valence-corrected chi connectivity index (χ4v) is 4.67. The molecule has 1 saturated heterocycles. The average Bonchev–Trinajstić information content (AvgIpc) is 2.70. The molecule has 0 saturated carbocycles. The first-order valence-electron chi connectivity index (χ1n) is 10.1. The molecule has 1 fully saturated rings. The third-order valence-corrected chi connectivity index (χ3v) is 7.12. The largest absolute Gasteiger partial charge is 0.346 e. The van der Waals surface area contributed by atoms with Crippen molar-refractivity contribution in [2.45, 2.75) is 50.8 Å². The normalized spacial score (nSPS) is 15.5. The second kappa shape index (κ2) is 10.0. The first kappa shape index (κ1) is 22.4. The van der Waals surface area contributed by atoms with E-state index in [4.69, 9.17) is 0 Å². The number of carbonyl (C=O) groups excluding carboxylic acids is 2. The molecule has 0 radical (unpaired) electrons. The lowest BCUT2D eigenvalue weighted by Gasteiger charge is -2.33. The van der Waals surface area contributed by atoms with Gasteiger partial charge in [0.25, 0.3) is 0 Å². The monoisotopic (exact) mass is 408 g/mol. The van der Waals surface area contributed by atoms with E-state index in [0.717, 1.165) is 24.9 Å². The molecule has 7 heteroatoms. The van der Waals surface area contributed by atoms with Gasteiger partial charge in [-0.05, 0) is 38.3 Å². The minimum absolute atomic E-state index is 0.0226. The van der Waals surface area contributed by atoms with Gasteiger partial charge in [0.05, 0.1) is 10.6 Å². The minimum atomic E-state index is -3.46. The van der Waals surface area contributed by atoms with Gasteiger partial charge in [-0.25, -0.2) is 8.42 Å². The highest BCUT2D eigenvalue weighted by atomic mass is 32.2. The van der Waals surface area contributed by atoms with Crippen LogP contribution in [0.25, 0.3) is 0 Å². The summed E-state index contributed by atoms with van der Waals surface area (Å²) in [6, 6.07) is 6.69. The lowest BCUT2D eigenvalue weighted by atomic mass is 9.95. The second-order valence-corrected chi connectivity index (χ2v) is 9.76. The Morgan fingerprint density at radius 2 is 1.75 bits per heavy atom. The molecule has 1 aliphatic heterocycles. The number of likely N-dealkylation sites (tertiary alicyclic amines) is 1. The number of rotatable bonds is 8. The highest BCUT2D eigenvalue weighted by molar-refractivity contribution is 7.91. The predicted molar refractivity (Wildman–Crippen MR) is 110 cm³/mol. The Hall–Kier alpha value is -1.89. The number of unbranched alkanes of at least 4 members (excludes halogenated alkanes) is 1. The summed E-state index contributed by atoms with van der Waals surface area (Å²) in [5.41, 5.74) is 0.993. The Labute approximate surface area is 168 Å². The zero-order valence-electron chi connectivity index (χ0n) is 17.2. The zero-order chi connectivity index (χ0) is 20.7. The summed E-state index contributed by atoms with van der Waals surface area (Å²) in [6.45, 7) is 5.80. The molecule has 2 amide bonds. The van der Waals surface area contributed by atoms with Gasteiger partial charge in [-0.3, -0.25) is 9.59 Å². The van der Waals surface area contributed by atoms with E-state index in [0.29, 0.717) is 25.9 Å². The summed E-state index contributed by atoms with van der Waals surface area (Å²) in [5, 5.41) is 0. The number of piperidine rings is 1. The van der Waals surface area contributed by atoms with Gasteiger partial charge in [0.2, 0.25) is 11.8 Å². The first-order valence-corrected chi connectivity index (χ1v) is 11.7. The van der Waals surface area contributed by atoms with E-state index in [1.165, 1.54) is 0 Å². The molecule has 6 nitrogen and oxygen atoms in total. The third-order valence-electron chi connectivity index (χ3n) is 5.38. The Morgan fingerprint density at radius 1 is 1.14 bits per heavy atom. The Bertz CT molecular complexity index is 766. The van der Waals surface area contributed by atoms with Crippen LogP contribution in [0.5, 0.6) is 0 Å². The van der Waals surface area contributed by atoms with Gasteiger partial charge in [-0.2, -0.15) is 0 Å². The summed E-state index contributed by atoms with van der Waals surface area (Å²) in [6.07, 6.45) is 3.31. The molecule has 1 heterocycles. The van der Waals surface area contributed by atoms with Gasteiger partial charge in [0.15, 0.2) is 9.84 Å². The summed E-state index contributed by atoms with van der Waals surface area (Å²) in [7, 11) is -1.62. The molecule has 0 aromatic heterocycles. The van der Waals surface area contributed by atoms with Crippen LogP contribution >= 0.6 is 0 Å². The van der Waals surface area contributed by atoms with E-state index in [1.807, 2.05) is 14.0 Å². The van der Waals surface area contributed by atoms with Crippen LogP contribution in [0.2, 0.25) is 0 Å². The lowest BCUT2D eigenvalue weighted by molar-refractivity contribution is -0.139. The predicted octanol–water partition coefficient (Wildman–Crippen LogP) is 2.66. The topological polar surface area (TPSA) is 74.8 Å². The molecule has 0 N–H and O–H groups in total. The first-order chi connectivity index (χ1) is 13.2. The molecule has 28 heavy (non-hydrogen) atoms. The molecule has 0 bridgehead atoms. The summed E-state index contributed by atoms with van der Waals surface area (Å²) >= 11 is 0. The molecular weight excluding hydrogens is 376 g/mol. The smallest absolute Gasteiger partial charge is 0.225 e. The molecular formula is C21H32N2O4S. The summed E-state index contributed by atoms with van der Waals surface area (Å²) < 4.78 is 24.8. The van der Waals surface area contributed by atoms with Crippen LogP contribution < -0.4 is 0 Å². The van der Waals surface area contributed by atoms with Crippen molar-refractivity contribution in [1.82, 2.24) is 9.80 Å². The molecule has 0 spiro atoms. The Kier molecular flexibility index (Phi) is 8.04. The van der Waals surface area contributed by atoms with E-state index in [2.05, 4.69) is 6.92 Å². The maximum absolute atomic E-state index is 12.5. The van der Waals surface area contributed by atoms with Crippen LogP contribution in [0, 0.1) is 12.8 Å². The fourth-order valence-electron chi connectivity index (χ4n) is 3.44. The van der Waals surface area contributed by atoms with Crippen LogP contribution in [-0.4, -0.2) is 62.5 Å². The van der Waals surface area contributed by atoms with Crippen LogP contribution in [0.4, 0.5) is 0 Å². The van der Waals surface area contributed by atoms with E-state index < -0.39 is 9.84 Å². The Morgan fingerprint density at radius 3 is 2.32 bits per heavy atom.